The number of hydrogen-bond donors (Lipinski definition) is 2. The molecule has 0 fully saturated rings. The second kappa shape index (κ2) is 6.84. The van der Waals surface area contributed by atoms with E-state index in [-0.39, 0.29) is 5.91 Å². The number of rotatable bonds is 6. The molecule has 2 N–H and O–H groups in total. The predicted molar refractivity (Wildman–Crippen MR) is 76.5 cm³/mol. The summed E-state index contributed by atoms with van der Waals surface area (Å²) in [5, 5.41) is 8.77. The number of anilines is 1. The van der Waals surface area contributed by atoms with Crippen molar-refractivity contribution in [3.05, 3.63) is 40.6 Å². The third kappa shape index (κ3) is 4.33. The van der Waals surface area contributed by atoms with E-state index < -0.39 is 0 Å². The van der Waals surface area contributed by atoms with Crippen LogP contribution in [0.3, 0.4) is 0 Å². The van der Waals surface area contributed by atoms with Crippen molar-refractivity contribution < 1.29 is 4.79 Å². The van der Waals surface area contributed by atoms with Crippen LogP contribution in [-0.4, -0.2) is 29.0 Å². The molecule has 2 aromatic rings. The predicted octanol–water partition coefficient (Wildman–Crippen LogP) is 2.08. The third-order valence-electron chi connectivity index (χ3n) is 2.48. The molecule has 19 heavy (non-hydrogen) atoms. The Bertz CT molecular complexity index is 526. The number of amides is 1. The molecule has 100 valence electrons. The molecule has 1 amide bonds. The number of nitrogens with one attached hydrogen (secondary N) is 2. The molecule has 2 aromatic heterocycles. The van der Waals surface area contributed by atoms with Gasteiger partial charge >= 0.3 is 0 Å². The van der Waals surface area contributed by atoms with Crippen molar-refractivity contribution in [3.8, 4) is 0 Å². The fourth-order valence-electron chi connectivity index (χ4n) is 1.55. The molecule has 0 saturated carbocycles. The number of pyridine rings is 1. The van der Waals surface area contributed by atoms with Crippen LogP contribution in [0.15, 0.2) is 29.9 Å². The van der Waals surface area contributed by atoms with Gasteiger partial charge in [-0.25, -0.2) is 4.98 Å². The zero-order valence-electron chi connectivity index (χ0n) is 10.7. The van der Waals surface area contributed by atoms with Crippen molar-refractivity contribution in [3.63, 3.8) is 0 Å². The van der Waals surface area contributed by atoms with Crippen LogP contribution in [0.5, 0.6) is 0 Å². The molecule has 2 heterocycles. The Labute approximate surface area is 116 Å². The maximum atomic E-state index is 11.7. The summed E-state index contributed by atoms with van der Waals surface area (Å²) < 4.78 is 0. The molecule has 0 aromatic carbocycles. The Balaban J connectivity index is 1.63. The van der Waals surface area contributed by atoms with E-state index in [1.165, 1.54) is 11.3 Å². The number of carbonyl (C=O) groups is 1. The Morgan fingerprint density at radius 3 is 3.00 bits per heavy atom. The van der Waals surface area contributed by atoms with Gasteiger partial charge in [-0.3, -0.25) is 9.78 Å². The minimum absolute atomic E-state index is 0.106. The highest BCUT2D eigenvalue weighted by atomic mass is 32.1. The van der Waals surface area contributed by atoms with E-state index in [4.69, 9.17) is 0 Å². The first-order chi connectivity index (χ1) is 9.25. The summed E-state index contributed by atoms with van der Waals surface area (Å²) in [6.07, 6.45) is 4.36. The second-order valence-electron chi connectivity index (χ2n) is 4.03. The van der Waals surface area contributed by atoms with E-state index in [1.807, 2.05) is 19.1 Å². The molecule has 0 unspecified atom stereocenters. The quantitative estimate of drug-likeness (QED) is 0.793. The number of aromatic nitrogens is 2. The highest BCUT2D eigenvalue weighted by Gasteiger charge is 2.07. The van der Waals surface area contributed by atoms with Crippen molar-refractivity contribution in [2.24, 2.45) is 0 Å². The summed E-state index contributed by atoms with van der Waals surface area (Å²) in [5.41, 5.74) is 1.49. The summed E-state index contributed by atoms with van der Waals surface area (Å²) in [5.74, 6) is -0.106. The van der Waals surface area contributed by atoms with Crippen molar-refractivity contribution in [2.75, 3.05) is 18.4 Å². The van der Waals surface area contributed by atoms with Crippen LogP contribution in [0.2, 0.25) is 0 Å². The van der Waals surface area contributed by atoms with Gasteiger partial charge in [0.1, 0.15) is 5.69 Å². The monoisotopic (exact) mass is 276 g/mol. The fraction of sp³-hybridized carbons (Fsp3) is 0.308. The fourth-order valence-corrected chi connectivity index (χ4v) is 2.14. The lowest BCUT2D eigenvalue weighted by Gasteiger charge is -2.06. The number of nitrogens with zero attached hydrogens (tertiary/aromatic N) is 2. The first-order valence-corrected chi connectivity index (χ1v) is 6.98. The molecule has 0 aliphatic carbocycles. The van der Waals surface area contributed by atoms with Gasteiger partial charge in [0.25, 0.3) is 5.91 Å². The summed E-state index contributed by atoms with van der Waals surface area (Å²) in [7, 11) is 0. The van der Waals surface area contributed by atoms with Gasteiger partial charge in [0.05, 0.1) is 10.7 Å². The Morgan fingerprint density at radius 2 is 2.32 bits per heavy atom. The van der Waals surface area contributed by atoms with Gasteiger partial charge in [0.15, 0.2) is 0 Å². The van der Waals surface area contributed by atoms with E-state index in [0.29, 0.717) is 12.2 Å². The first kappa shape index (κ1) is 13.5. The zero-order valence-corrected chi connectivity index (χ0v) is 11.5. The van der Waals surface area contributed by atoms with Gasteiger partial charge in [-0.2, -0.15) is 0 Å². The van der Waals surface area contributed by atoms with Crippen molar-refractivity contribution in [2.45, 2.75) is 13.3 Å². The van der Waals surface area contributed by atoms with Crippen molar-refractivity contribution in [1.29, 1.82) is 0 Å². The van der Waals surface area contributed by atoms with Crippen molar-refractivity contribution in [1.82, 2.24) is 15.3 Å². The van der Waals surface area contributed by atoms with Crippen LogP contribution < -0.4 is 10.6 Å². The summed E-state index contributed by atoms with van der Waals surface area (Å²) in [6, 6.07) is 3.85. The van der Waals surface area contributed by atoms with Gasteiger partial charge in [-0.15, -0.1) is 11.3 Å². The van der Waals surface area contributed by atoms with Crippen LogP contribution in [0, 0.1) is 6.92 Å². The molecule has 0 bridgehead atoms. The van der Waals surface area contributed by atoms with E-state index >= 15 is 0 Å². The highest BCUT2D eigenvalue weighted by Crippen LogP contribution is 2.07. The third-order valence-corrected chi connectivity index (χ3v) is 3.25. The average Bonchev–Trinajstić information content (AvgIpc) is 2.86. The summed E-state index contributed by atoms with van der Waals surface area (Å²) in [6.45, 7) is 3.31. The maximum absolute atomic E-state index is 11.7. The molecular weight excluding hydrogens is 260 g/mol. The van der Waals surface area contributed by atoms with Crippen LogP contribution in [0.25, 0.3) is 0 Å². The Morgan fingerprint density at radius 1 is 1.42 bits per heavy atom. The Kier molecular flexibility index (Phi) is 4.85. The van der Waals surface area contributed by atoms with Gasteiger partial charge in [-0.05, 0) is 25.5 Å². The topological polar surface area (TPSA) is 66.9 Å². The summed E-state index contributed by atoms with van der Waals surface area (Å²) in [4.78, 5) is 19.8. The standard InChI is InChI=1S/C13H16N4OS/c1-10-17-12(9-19-10)13(18)16-7-3-6-15-11-4-2-5-14-8-11/h2,4-5,8-9,15H,3,6-7H2,1H3,(H,16,18). The van der Waals surface area contributed by atoms with Crippen LogP contribution in [0.4, 0.5) is 5.69 Å². The van der Waals surface area contributed by atoms with Gasteiger partial charge < -0.3 is 10.6 Å². The molecule has 5 nitrogen and oxygen atoms in total. The molecular formula is C13H16N4OS. The SMILES string of the molecule is Cc1nc(C(=O)NCCCNc2cccnc2)cs1. The van der Waals surface area contributed by atoms with E-state index in [0.717, 1.165) is 23.7 Å². The van der Waals surface area contributed by atoms with Crippen LogP contribution in [0.1, 0.15) is 21.9 Å². The van der Waals surface area contributed by atoms with Gasteiger partial charge in [0, 0.05) is 30.9 Å². The maximum Gasteiger partial charge on any atom is 0.270 e. The number of aryl methyl sites for hydroxylation is 1. The molecule has 0 spiro atoms. The largest absolute Gasteiger partial charge is 0.384 e. The molecule has 0 aliphatic heterocycles. The molecule has 6 heteroatoms. The van der Waals surface area contributed by atoms with Crippen molar-refractivity contribution >= 4 is 22.9 Å². The molecule has 0 radical (unpaired) electrons. The van der Waals surface area contributed by atoms with E-state index in [1.54, 1.807) is 17.8 Å². The lowest BCUT2D eigenvalue weighted by atomic mass is 10.3. The van der Waals surface area contributed by atoms with Gasteiger partial charge in [-0.1, -0.05) is 0 Å². The normalized spacial score (nSPS) is 10.2. The molecule has 0 atom stereocenters. The van der Waals surface area contributed by atoms with E-state index in [2.05, 4.69) is 20.6 Å². The average molecular weight is 276 g/mol. The molecule has 2 rings (SSSR count). The number of thiazole rings is 1. The highest BCUT2D eigenvalue weighted by molar-refractivity contribution is 7.09. The summed E-state index contributed by atoms with van der Waals surface area (Å²) >= 11 is 1.48. The minimum atomic E-state index is -0.106. The molecule has 0 saturated heterocycles. The number of hydrogen-bond acceptors (Lipinski definition) is 5. The van der Waals surface area contributed by atoms with Crippen LogP contribution in [-0.2, 0) is 0 Å². The zero-order chi connectivity index (χ0) is 13.5. The lowest BCUT2D eigenvalue weighted by Crippen LogP contribution is -2.26. The first-order valence-electron chi connectivity index (χ1n) is 6.10. The number of carbonyl (C=O) groups excluding carboxylic acids is 1. The Hall–Kier alpha value is -1.95. The smallest absolute Gasteiger partial charge is 0.270 e. The van der Waals surface area contributed by atoms with Crippen LogP contribution >= 0.6 is 11.3 Å². The molecule has 0 aliphatic rings. The van der Waals surface area contributed by atoms with E-state index in [9.17, 15) is 4.79 Å². The van der Waals surface area contributed by atoms with Gasteiger partial charge in [0.2, 0.25) is 0 Å². The minimum Gasteiger partial charge on any atom is -0.384 e. The second-order valence-corrected chi connectivity index (χ2v) is 5.09. The lowest BCUT2D eigenvalue weighted by molar-refractivity contribution is 0.0949.